The van der Waals surface area contributed by atoms with Gasteiger partial charge in [0, 0.05) is 12.2 Å². The van der Waals surface area contributed by atoms with Crippen molar-refractivity contribution in [3.63, 3.8) is 0 Å². The van der Waals surface area contributed by atoms with Crippen molar-refractivity contribution < 1.29 is 9.59 Å². The number of anilines is 2. The van der Waals surface area contributed by atoms with Crippen LogP contribution < -0.4 is 10.6 Å². The third kappa shape index (κ3) is 3.48. The fourth-order valence-electron chi connectivity index (χ4n) is 2.90. The Morgan fingerprint density at radius 2 is 1.46 bits per heavy atom. The summed E-state index contributed by atoms with van der Waals surface area (Å²) in [5, 5.41) is 9.71. The maximum atomic E-state index is 12.3. The molecule has 0 unspecified atom stereocenters. The van der Waals surface area contributed by atoms with E-state index in [9.17, 15) is 9.59 Å². The number of nitrogens with zero attached hydrogens (tertiary/aromatic N) is 2. The summed E-state index contributed by atoms with van der Waals surface area (Å²) in [5.74, 6) is -1.38. The topological polar surface area (TPSA) is 76.0 Å². The SMILES string of the molecule is CCn1nc(C)c(NC(=O)C(=O)Nc2c(C)cc(C)cc2C)c1C. The number of nitrogens with one attached hydrogen (secondary N) is 2. The molecule has 2 N–H and O–H groups in total. The Morgan fingerprint density at radius 3 is 1.92 bits per heavy atom. The maximum Gasteiger partial charge on any atom is 0.314 e. The number of hydrogen-bond acceptors (Lipinski definition) is 3. The smallest absolute Gasteiger partial charge is 0.314 e. The van der Waals surface area contributed by atoms with Crippen molar-refractivity contribution in [3.8, 4) is 0 Å². The van der Waals surface area contributed by atoms with E-state index >= 15 is 0 Å². The Bertz CT molecular complexity index is 783. The lowest BCUT2D eigenvalue weighted by Gasteiger charge is -2.13. The molecule has 0 radical (unpaired) electrons. The first kappa shape index (κ1) is 17.7. The highest BCUT2D eigenvalue weighted by atomic mass is 16.2. The van der Waals surface area contributed by atoms with Crippen LogP contribution in [0.4, 0.5) is 11.4 Å². The van der Waals surface area contributed by atoms with Gasteiger partial charge in [-0.1, -0.05) is 17.7 Å². The van der Waals surface area contributed by atoms with E-state index < -0.39 is 11.8 Å². The minimum Gasteiger partial charge on any atom is -0.317 e. The highest BCUT2D eigenvalue weighted by molar-refractivity contribution is 6.43. The van der Waals surface area contributed by atoms with Crippen molar-refractivity contribution in [2.75, 3.05) is 10.6 Å². The van der Waals surface area contributed by atoms with Gasteiger partial charge in [-0.2, -0.15) is 5.10 Å². The highest BCUT2D eigenvalue weighted by Gasteiger charge is 2.20. The number of rotatable bonds is 3. The predicted octanol–water partition coefficient (Wildman–Crippen LogP) is 3.02. The van der Waals surface area contributed by atoms with E-state index in [1.54, 1.807) is 11.6 Å². The second-order valence-corrected chi connectivity index (χ2v) is 6.04. The Hall–Kier alpha value is -2.63. The molecule has 128 valence electrons. The molecule has 0 spiro atoms. The van der Waals surface area contributed by atoms with Crippen LogP contribution in [0.3, 0.4) is 0 Å². The van der Waals surface area contributed by atoms with Gasteiger partial charge in [-0.05, 0) is 52.7 Å². The van der Waals surface area contributed by atoms with Crippen LogP contribution in [-0.2, 0) is 16.1 Å². The zero-order valence-electron chi connectivity index (χ0n) is 15.1. The maximum absolute atomic E-state index is 12.3. The molecule has 0 saturated heterocycles. The molecule has 0 atom stereocenters. The standard InChI is InChI=1S/C18H24N4O2/c1-7-22-14(6)16(13(5)21-22)20-18(24)17(23)19-15-11(3)8-10(2)9-12(15)4/h8-9H,7H2,1-6H3,(H,19,23)(H,20,24). The Kier molecular flexibility index (Phi) is 5.07. The van der Waals surface area contributed by atoms with Crippen molar-refractivity contribution >= 4 is 23.2 Å². The molecule has 0 aliphatic carbocycles. The van der Waals surface area contributed by atoms with Crippen molar-refractivity contribution in [2.45, 2.75) is 48.1 Å². The number of carbonyl (C=O) groups excluding carboxylic acids is 2. The molecule has 6 nitrogen and oxygen atoms in total. The third-order valence-electron chi connectivity index (χ3n) is 4.04. The van der Waals surface area contributed by atoms with Crippen LogP contribution in [0.2, 0.25) is 0 Å². The van der Waals surface area contributed by atoms with Crippen LogP contribution >= 0.6 is 0 Å². The summed E-state index contributed by atoms with van der Waals surface area (Å²) in [7, 11) is 0. The van der Waals surface area contributed by atoms with Gasteiger partial charge in [-0.25, -0.2) is 0 Å². The largest absolute Gasteiger partial charge is 0.317 e. The van der Waals surface area contributed by atoms with Crippen LogP contribution in [0, 0.1) is 34.6 Å². The van der Waals surface area contributed by atoms with Crippen molar-refractivity contribution in [1.82, 2.24) is 9.78 Å². The Labute approximate surface area is 142 Å². The molecule has 0 saturated carbocycles. The minimum atomic E-state index is -0.698. The van der Waals surface area contributed by atoms with Crippen LogP contribution in [-0.4, -0.2) is 21.6 Å². The predicted molar refractivity (Wildman–Crippen MR) is 95.3 cm³/mol. The monoisotopic (exact) mass is 328 g/mol. The lowest BCUT2D eigenvalue weighted by atomic mass is 10.1. The zero-order valence-corrected chi connectivity index (χ0v) is 15.1. The van der Waals surface area contributed by atoms with E-state index in [1.807, 2.05) is 46.8 Å². The summed E-state index contributed by atoms with van der Waals surface area (Å²) < 4.78 is 1.79. The molecule has 1 aromatic carbocycles. The molecule has 6 heteroatoms. The van der Waals surface area contributed by atoms with Gasteiger partial charge in [0.25, 0.3) is 0 Å². The lowest BCUT2D eigenvalue weighted by Crippen LogP contribution is -2.30. The molecule has 1 aromatic heterocycles. The second-order valence-electron chi connectivity index (χ2n) is 6.04. The summed E-state index contributed by atoms with van der Waals surface area (Å²) >= 11 is 0. The van der Waals surface area contributed by atoms with E-state index in [0.29, 0.717) is 23.6 Å². The van der Waals surface area contributed by atoms with Gasteiger partial charge in [0.1, 0.15) is 0 Å². The van der Waals surface area contributed by atoms with E-state index in [-0.39, 0.29) is 0 Å². The van der Waals surface area contributed by atoms with Gasteiger partial charge < -0.3 is 10.6 Å². The number of benzene rings is 1. The van der Waals surface area contributed by atoms with Gasteiger partial charge in [0.15, 0.2) is 0 Å². The summed E-state index contributed by atoms with van der Waals surface area (Å²) in [6, 6.07) is 3.94. The molecular weight excluding hydrogens is 304 g/mol. The second kappa shape index (κ2) is 6.86. The molecule has 0 aliphatic rings. The molecule has 2 aromatic rings. The molecule has 24 heavy (non-hydrogen) atoms. The molecular formula is C18H24N4O2. The summed E-state index contributed by atoms with van der Waals surface area (Å²) in [6.45, 7) is 12.2. The molecule has 2 rings (SSSR count). The zero-order chi connectivity index (χ0) is 18.0. The van der Waals surface area contributed by atoms with E-state index in [1.165, 1.54) is 0 Å². The third-order valence-corrected chi connectivity index (χ3v) is 4.04. The van der Waals surface area contributed by atoms with Crippen LogP contribution in [0.25, 0.3) is 0 Å². The number of hydrogen-bond donors (Lipinski definition) is 2. The highest BCUT2D eigenvalue weighted by Crippen LogP contribution is 2.22. The summed E-state index contributed by atoms with van der Waals surface area (Å²) in [6.07, 6.45) is 0. The van der Waals surface area contributed by atoms with Gasteiger partial charge in [-0.15, -0.1) is 0 Å². The van der Waals surface area contributed by atoms with Gasteiger partial charge in [-0.3, -0.25) is 14.3 Å². The molecule has 0 aliphatic heterocycles. The van der Waals surface area contributed by atoms with Crippen LogP contribution in [0.1, 0.15) is 35.0 Å². The average molecular weight is 328 g/mol. The van der Waals surface area contributed by atoms with Crippen LogP contribution in [0.5, 0.6) is 0 Å². The van der Waals surface area contributed by atoms with Gasteiger partial charge >= 0.3 is 11.8 Å². The average Bonchev–Trinajstić information content (AvgIpc) is 2.77. The van der Waals surface area contributed by atoms with E-state index in [4.69, 9.17) is 0 Å². The normalized spacial score (nSPS) is 10.6. The number of aromatic nitrogens is 2. The quantitative estimate of drug-likeness (QED) is 0.850. The van der Waals surface area contributed by atoms with Gasteiger partial charge in [0.05, 0.1) is 17.1 Å². The van der Waals surface area contributed by atoms with E-state index in [0.717, 1.165) is 22.4 Å². The van der Waals surface area contributed by atoms with E-state index in [2.05, 4.69) is 15.7 Å². The number of carbonyl (C=O) groups is 2. The number of aryl methyl sites for hydroxylation is 5. The molecule has 2 amide bonds. The molecule has 0 fully saturated rings. The van der Waals surface area contributed by atoms with Crippen LogP contribution in [0.15, 0.2) is 12.1 Å². The first-order valence-corrected chi connectivity index (χ1v) is 7.98. The van der Waals surface area contributed by atoms with Crippen molar-refractivity contribution in [3.05, 3.63) is 40.2 Å². The fourth-order valence-corrected chi connectivity index (χ4v) is 2.90. The Balaban J connectivity index is 2.17. The minimum absolute atomic E-state index is 0.592. The summed E-state index contributed by atoms with van der Waals surface area (Å²) in [4.78, 5) is 24.5. The Morgan fingerprint density at radius 1 is 0.958 bits per heavy atom. The molecule has 1 heterocycles. The van der Waals surface area contributed by atoms with Crippen molar-refractivity contribution in [1.29, 1.82) is 0 Å². The fraction of sp³-hybridized carbons (Fsp3) is 0.389. The first-order chi connectivity index (χ1) is 11.2. The molecule has 0 bridgehead atoms. The lowest BCUT2D eigenvalue weighted by molar-refractivity contribution is -0.133. The van der Waals surface area contributed by atoms with Gasteiger partial charge in [0.2, 0.25) is 0 Å². The van der Waals surface area contributed by atoms with Crippen molar-refractivity contribution in [2.24, 2.45) is 0 Å². The number of amides is 2. The summed E-state index contributed by atoms with van der Waals surface area (Å²) in [5.41, 5.74) is 5.77. The first-order valence-electron chi connectivity index (χ1n) is 7.98.